The Kier molecular flexibility index (Phi) is 4.53. The van der Waals surface area contributed by atoms with Gasteiger partial charge in [0.05, 0.1) is 12.0 Å². The summed E-state index contributed by atoms with van der Waals surface area (Å²) in [6, 6.07) is 3.50. The first-order valence-electron chi connectivity index (χ1n) is 7.14. The molecule has 0 spiro atoms. The van der Waals surface area contributed by atoms with E-state index in [2.05, 4.69) is 36.2 Å². The Balaban J connectivity index is 1.79. The van der Waals surface area contributed by atoms with Gasteiger partial charge in [0.25, 0.3) is 0 Å². The van der Waals surface area contributed by atoms with Gasteiger partial charge in [-0.3, -0.25) is 9.78 Å². The summed E-state index contributed by atoms with van der Waals surface area (Å²) in [5.74, 6) is -0.327. The van der Waals surface area contributed by atoms with Crippen LogP contribution in [0.5, 0.6) is 0 Å². The van der Waals surface area contributed by atoms with E-state index in [0.717, 1.165) is 10.0 Å². The highest BCUT2D eigenvalue weighted by atomic mass is 79.9. The zero-order valence-electron chi connectivity index (χ0n) is 12.4. The molecule has 2 aromatic heterocycles. The van der Waals surface area contributed by atoms with Crippen molar-refractivity contribution in [3.8, 4) is 0 Å². The minimum Gasteiger partial charge on any atom is -0.373 e. The molecule has 23 heavy (non-hydrogen) atoms. The van der Waals surface area contributed by atoms with Crippen LogP contribution in [0.4, 0.5) is 5.82 Å². The number of anilines is 1. The zero-order valence-corrected chi connectivity index (χ0v) is 14.0. The fraction of sp³-hybridized carbons (Fsp3) is 0.333. The van der Waals surface area contributed by atoms with Crippen molar-refractivity contribution in [2.24, 2.45) is 5.92 Å². The Bertz CT molecular complexity index is 792. The molecule has 1 aliphatic rings. The second-order valence-corrected chi connectivity index (χ2v) is 6.28. The Morgan fingerprint density at radius 1 is 1.43 bits per heavy atom. The molecule has 0 bridgehead atoms. The van der Waals surface area contributed by atoms with E-state index in [1.165, 1.54) is 0 Å². The van der Waals surface area contributed by atoms with Gasteiger partial charge in [-0.2, -0.15) is 4.98 Å². The number of hydrogen-bond acceptors (Lipinski definition) is 5. The lowest BCUT2D eigenvalue weighted by atomic mass is 9.95. The first-order chi connectivity index (χ1) is 11.0. The summed E-state index contributed by atoms with van der Waals surface area (Å²) < 4.78 is 6.53. The molecule has 7 nitrogen and oxygen atoms in total. The number of nitrogens with one attached hydrogen (secondary N) is 2. The SMILES string of the molecule is Cc1cc(NC(=O)[C@@H]2CCO[C@H]2c2cncc(Br)c2)nc(=O)[nH]1. The van der Waals surface area contributed by atoms with Crippen LogP contribution in [0.1, 0.15) is 23.8 Å². The van der Waals surface area contributed by atoms with Gasteiger partial charge in [-0.1, -0.05) is 0 Å². The normalized spacial score (nSPS) is 20.4. The van der Waals surface area contributed by atoms with Gasteiger partial charge in [-0.15, -0.1) is 0 Å². The van der Waals surface area contributed by atoms with Crippen molar-refractivity contribution in [2.75, 3.05) is 11.9 Å². The van der Waals surface area contributed by atoms with Crippen LogP contribution in [0, 0.1) is 12.8 Å². The van der Waals surface area contributed by atoms with Crippen molar-refractivity contribution >= 4 is 27.7 Å². The van der Waals surface area contributed by atoms with Crippen molar-refractivity contribution in [1.29, 1.82) is 0 Å². The number of amides is 1. The molecule has 1 aliphatic heterocycles. The van der Waals surface area contributed by atoms with E-state index >= 15 is 0 Å². The number of aromatic nitrogens is 3. The van der Waals surface area contributed by atoms with Gasteiger partial charge in [0.2, 0.25) is 5.91 Å². The van der Waals surface area contributed by atoms with Crippen LogP contribution in [-0.2, 0) is 9.53 Å². The van der Waals surface area contributed by atoms with E-state index in [0.29, 0.717) is 18.7 Å². The average Bonchev–Trinajstić information content (AvgIpc) is 2.95. The number of aryl methyl sites for hydroxylation is 1. The molecule has 1 amide bonds. The maximum atomic E-state index is 12.5. The quantitative estimate of drug-likeness (QED) is 0.850. The second kappa shape index (κ2) is 6.59. The molecule has 2 N–H and O–H groups in total. The third-order valence-corrected chi connectivity index (χ3v) is 4.05. The number of rotatable bonds is 3. The van der Waals surface area contributed by atoms with E-state index in [9.17, 15) is 9.59 Å². The molecule has 3 heterocycles. The number of nitrogens with zero attached hydrogens (tertiary/aromatic N) is 2. The number of aromatic amines is 1. The van der Waals surface area contributed by atoms with Crippen LogP contribution in [0.15, 0.2) is 33.8 Å². The molecule has 0 aromatic carbocycles. The molecular weight excluding hydrogens is 364 g/mol. The van der Waals surface area contributed by atoms with Crippen LogP contribution < -0.4 is 11.0 Å². The summed E-state index contributed by atoms with van der Waals surface area (Å²) >= 11 is 3.37. The number of ether oxygens (including phenoxy) is 1. The summed E-state index contributed by atoms with van der Waals surface area (Å²) in [4.78, 5) is 34.3. The van der Waals surface area contributed by atoms with Crippen molar-refractivity contribution in [3.05, 3.63) is 50.7 Å². The highest BCUT2D eigenvalue weighted by molar-refractivity contribution is 9.10. The summed E-state index contributed by atoms with van der Waals surface area (Å²) in [7, 11) is 0. The molecule has 0 saturated carbocycles. The van der Waals surface area contributed by atoms with Crippen molar-refractivity contribution < 1.29 is 9.53 Å². The van der Waals surface area contributed by atoms with Gasteiger partial charge in [-0.05, 0) is 35.3 Å². The molecule has 1 saturated heterocycles. The topological polar surface area (TPSA) is 97.0 Å². The summed E-state index contributed by atoms with van der Waals surface area (Å²) in [6.07, 6.45) is 3.61. The van der Waals surface area contributed by atoms with Crippen LogP contribution in [0.25, 0.3) is 0 Å². The lowest BCUT2D eigenvalue weighted by Crippen LogP contribution is -2.27. The van der Waals surface area contributed by atoms with Crippen molar-refractivity contribution in [1.82, 2.24) is 15.0 Å². The standard InChI is InChI=1S/C15H15BrN4O3/c1-8-4-12(20-15(22)18-8)19-14(21)11-2-3-23-13(11)9-5-10(16)7-17-6-9/h4-7,11,13H,2-3H2,1H3,(H2,18,19,20,21,22)/t11-,13+/m1/s1. The Hall–Kier alpha value is -2.06. The Morgan fingerprint density at radius 2 is 2.26 bits per heavy atom. The molecular formula is C15H15BrN4O3. The minimum atomic E-state index is -0.490. The molecule has 1 fully saturated rings. The van der Waals surface area contributed by atoms with Crippen molar-refractivity contribution in [2.45, 2.75) is 19.4 Å². The lowest BCUT2D eigenvalue weighted by molar-refractivity contribution is -0.121. The molecule has 0 radical (unpaired) electrons. The smallest absolute Gasteiger partial charge is 0.347 e. The first kappa shape index (κ1) is 15.8. The zero-order chi connectivity index (χ0) is 16.4. The molecule has 0 aliphatic carbocycles. The molecule has 2 atom stereocenters. The number of hydrogen-bond donors (Lipinski definition) is 2. The van der Waals surface area contributed by atoms with Gasteiger partial charge < -0.3 is 15.0 Å². The van der Waals surface area contributed by atoms with Crippen LogP contribution in [-0.4, -0.2) is 27.5 Å². The minimum absolute atomic E-state index is 0.218. The van der Waals surface area contributed by atoms with Crippen LogP contribution in [0.2, 0.25) is 0 Å². The second-order valence-electron chi connectivity index (χ2n) is 5.37. The monoisotopic (exact) mass is 378 g/mol. The summed E-state index contributed by atoms with van der Waals surface area (Å²) in [6.45, 7) is 2.23. The first-order valence-corrected chi connectivity index (χ1v) is 7.93. The maximum Gasteiger partial charge on any atom is 0.347 e. The van der Waals surface area contributed by atoms with E-state index in [4.69, 9.17) is 4.74 Å². The highest BCUT2D eigenvalue weighted by Gasteiger charge is 2.35. The molecule has 0 unspecified atom stereocenters. The summed E-state index contributed by atoms with van der Waals surface area (Å²) in [5, 5.41) is 2.70. The predicted octanol–water partition coefficient (Wildman–Crippen LogP) is 1.95. The Labute approximate surface area is 140 Å². The number of carbonyl (C=O) groups is 1. The van der Waals surface area contributed by atoms with Crippen LogP contribution in [0.3, 0.4) is 0 Å². The fourth-order valence-corrected chi connectivity index (χ4v) is 3.02. The molecule has 3 rings (SSSR count). The van der Waals surface area contributed by atoms with E-state index < -0.39 is 5.69 Å². The fourth-order valence-electron chi connectivity index (χ4n) is 2.63. The number of halogens is 1. The van der Waals surface area contributed by atoms with Crippen LogP contribution >= 0.6 is 15.9 Å². The number of carbonyl (C=O) groups excluding carboxylic acids is 1. The van der Waals surface area contributed by atoms with Crippen molar-refractivity contribution in [3.63, 3.8) is 0 Å². The third kappa shape index (κ3) is 3.65. The third-order valence-electron chi connectivity index (χ3n) is 3.61. The highest BCUT2D eigenvalue weighted by Crippen LogP contribution is 2.35. The van der Waals surface area contributed by atoms with Gasteiger partial charge in [0.15, 0.2) is 0 Å². The number of H-pyrrole nitrogens is 1. The number of pyridine rings is 1. The molecule has 120 valence electrons. The predicted molar refractivity (Wildman–Crippen MR) is 87.0 cm³/mol. The lowest BCUT2D eigenvalue weighted by Gasteiger charge is -2.18. The molecule has 8 heteroatoms. The maximum absolute atomic E-state index is 12.5. The average molecular weight is 379 g/mol. The van der Waals surface area contributed by atoms with E-state index in [-0.39, 0.29) is 23.7 Å². The summed E-state index contributed by atoms with van der Waals surface area (Å²) in [5.41, 5.74) is 0.985. The van der Waals surface area contributed by atoms with Gasteiger partial charge in [0, 0.05) is 40.8 Å². The van der Waals surface area contributed by atoms with Gasteiger partial charge in [0.1, 0.15) is 5.82 Å². The van der Waals surface area contributed by atoms with Gasteiger partial charge >= 0.3 is 5.69 Å². The largest absolute Gasteiger partial charge is 0.373 e. The van der Waals surface area contributed by atoms with E-state index in [1.807, 2.05) is 6.07 Å². The molecule has 2 aromatic rings. The van der Waals surface area contributed by atoms with Gasteiger partial charge in [-0.25, -0.2) is 4.79 Å². The van der Waals surface area contributed by atoms with E-state index in [1.54, 1.807) is 25.4 Å². The Morgan fingerprint density at radius 3 is 3.00 bits per heavy atom.